The minimum absolute atomic E-state index is 0. The third-order valence-electron chi connectivity index (χ3n) is 1.83. The number of aliphatic hydroxyl groups excluding tert-OH is 1. The van der Waals surface area contributed by atoms with Gasteiger partial charge in [0, 0.05) is 17.5 Å². The molecule has 0 aromatic rings. The minimum atomic E-state index is 0. The second-order valence-electron chi connectivity index (χ2n) is 2.58. The van der Waals surface area contributed by atoms with Crippen LogP contribution in [0, 0.1) is 16.3 Å². The predicted molar refractivity (Wildman–Crippen MR) is 36.2 cm³/mol. The van der Waals surface area contributed by atoms with E-state index >= 15 is 0 Å². The van der Waals surface area contributed by atoms with Crippen LogP contribution in [0.25, 0.3) is 0 Å². The van der Waals surface area contributed by atoms with Crippen LogP contribution in [0.2, 0.25) is 0 Å². The summed E-state index contributed by atoms with van der Waals surface area (Å²) in [6, 6.07) is 0. The topological polar surface area (TPSA) is 85.0 Å². The van der Waals surface area contributed by atoms with E-state index in [9.17, 15) is 10.4 Å². The molecule has 1 fully saturated rings. The molecule has 6 nitrogen and oxygen atoms in total. The maximum absolute atomic E-state index is 10.6. The molecule has 1 N–H and O–H groups in total. The van der Waals surface area contributed by atoms with E-state index in [4.69, 9.17) is 5.11 Å². The number of aliphatic hydroxyl groups is 1. The Kier molecular flexibility index (Phi) is 5.56. The maximum atomic E-state index is 10.6. The molecular weight excluding hydrogens is 173 g/mol. The summed E-state index contributed by atoms with van der Waals surface area (Å²) in [4.78, 5) is 0.0374. The van der Waals surface area contributed by atoms with E-state index in [1.54, 1.807) is 0 Å². The molecule has 64 valence electrons. The Morgan fingerprint density at radius 2 is 2.33 bits per heavy atom. The first kappa shape index (κ1) is 12.0. The molecule has 0 aromatic carbocycles. The van der Waals surface area contributed by atoms with Crippen LogP contribution in [0.3, 0.4) is 0 Å². The second-order valence-corrected chi connectivity index (χ2v) is 2.58. The fraction of sp³-hybridized carbons (Fsp3) is 1.00. The van der Waals surface area contributed by atoms with Crippen molar-refractivity contribution < 1.29 is 39.6 Å². The molecule has 1 heterocycles. The summed E-state index contributed by atoms with van der Waals surface area (Å²) in [6.45, 7) is 0.982. The van der Waals surface area contributed by atoms with Gasteiger partial charge in [-0.1, -0.05) is 0 Å². The maximum Gasteiger partial charge on any atom is 1.00 e. The monoisotopic (exact) mass is 183 g/mol. The van der Waals surface area contributed by atoms with Crippen LogP contribution in [-0.2, 0) is 0 Å². The Morgan fingerprint density at radius 3 is 2.75 bits per heavy atom. The molecule has 0 amide bonds. The van der Waals surface area contributed by atoms with Gasteiger partial charge in [-0.05, 0) is 11.7 Å². The van der Waals surface area contributed by atoms with Crippen molar-refractivity contribution in [3.05, 3.63) is 10.4 Å². The molecule has 1 aliphatic rings. The molecule has 12 heavy (non-hydrogen) atoms. The van der Waals surface area contributed by atoms with Crippen LogP contribution >= 0.6 is 0 Å². The normalized spacial score (nSPS) is 23.9. The smallest absolute Gasteiger partial charge is 0.737 e. The number of hydrogen-bond acceptors (Lipinski definition) is 4. The fourth-order valence-corrected chi connectivity index (χ4v) is 1.17. The van der Waals surface area contributed by atoms with Crippen molar-refractivity contribution in [3.63, 3.8) is 0 Å². The summed E-state index contributed by atoms with van der Waals surface area (Å²) in [5, 5.41) is 32.5. The summed E-state index contributed by atoms with van der Waals surface area (Å²) < 4.78 is 0. The summed E-state index contributed by atoms with van der Waals surface area (Å²) in [6.07, 6.45) is 0.741. The summed E-state index contributed by atoms with van der Waals surface area (Å²) in [5.74, 6) is 0.105. The van der Waals surface area contributed by atoms with Gasteiger partial charge in [-0.2, -0.15) is 0 Å². The number of hydrogen-bond donors (Lipinski definition) is 1. The van der Waals surface area contributed by atoms with E-state index in [2.05, 4.69) is 5.28 Å². The van der Waals surface area contributed by atoms with Crippen LogP contribution in [0.15, 0.2) is 5.28 Å². The van der Waals surface area contributed by atoms with Crippen molar-refractivity contribution in [2.75, 3.05) is 19.7 Å². The molecule has 1 saturated heterocycles. The van der Waals surface area contributed by atoms with Crippen molar-refractivity contribution in [3.8, 4) is 0 Å². The Morgan fingerprint density at radius 1 is 1.67 bits per heavy atom. The Hall–Kier alpha value is -0.0400. The molecule has 1 atom stereocenters. The van der Waals surface area contributed by atoms with Gasteiger partial charge in [-0.25, -0.2) is 0 Å². The first-order chi connectivity index (χ1) is 5.27. The van der Waals surface area contributed by atoms with Crippen molar-refractivity contribution in [2.24, 2.45) is 11.2 Å². The molecule has 0 radical (unpaired) electrons. The number of hydrazine groups is 1. The molecule has 0 spiro atoms. The van der Waals surface area contributed by atoms with Gasteiger partial charge < -0.3 is 15.5 Å². The molecule has 0 saturated carbocycles. The first-order valence-corrected chi connectivity index (χ1v) is 3.44. The molecule has 1 unspecified atom stereocenters. The van der Waals surface area contributed by atoms with Crippen LogP contribution < -0.4 is 29.6 Å². The average molecular weight is 183 g/mol. The summed E-state index contributed by atoms with van der Waals surface area (Å²) in [7, 11) is 0. The predicted octanol–water partition coefficient (Wildman–Crippen LogP) is -3.32. The third-order valence-corrected chi connectivity index (χ3v) is 1.83. The van der Waals surface area contributed by atoms with E-state index in [1.165, 1.54) is 5.01 Å². The molecular formula is C5H10N3NaO3. The van der Waals surface area contributed by atoms with E-state index in [0.717, 1.165) is 6.42 Å². The largest absolute Gasteiger partial charge is 1.00 e. The summed E-state index contributed by atoms with van der Waals surface area (Å²) >= 11 is 0. The SMILES string of the molecule is [Na+].[O-]/N=[N+](/[O-])N1CCC(CO)C1. The zero-order valence-corrected chi connectivity index (χ0v) is 9.01. The van der Waals surface area contributed by atoms with Gasteiger partial charge >= 0.3 is 29.6 Å². The van der Waals surface area contributed by atoms with Crippen molar-refractivity contribution >= 4 is 0 Å². The van der Waals surface area contributed by atoms with E-state index < -0.39 is 0 Å². The van der Waals surface area contributed by atoms with Gasteiger partial charge in [-0.15, -0.1) is 5.01 Å². The Balaban J connectivity index is 0.00000121. The Bertz CT molecular complexity index is 166. The minimum Gasteiger partial charge on any atom is -0.737 e. The molecule has 7 heteroatoms. The molecule has 0 aromatic heterocycles. The van der Waals surface area contributed by atoms with Gasteiger partial charge in [0.2, 0.25) is 0 Å². The quantitative estimate of drug-likeness (QED) is 0.210. The zero-order valence-electron chi connectivity index (χ0n) is 7.01. The van der Waals surface area contributed by atoms with Crippen molar-refractivity contribution in [1.29, 1.82) is 0 Å². The van der Waals surface area contributed by atoms with Gasteiger partial charge in [0.25, 0.3) is 0 Å². The first-order valence-electron chi connectivity index (χ1n) is 3.44. The van der Waals surface area contributed by atoms with Crippen molar-refractivity contribution in [1.82, 2.24) is 5.01 Å². The summed E-state index contributed by atoms with van der Waals surface area (Å²) in [5.41, 5.74) is 0. The fourth-order valence-electron chi connectivity index (χ4n) is 1.17. The molecule has 1 rings (SSSR count). The van der Waals surface area contributed by atoms with Crippen LogP contribution in [0.5, 0.6) is 0 Å². The van der Waals surface area contributed by atoms with Gasteiger partial charge in [0.15, 0.2) is 0 Å². The van der Waals surface area contributed by atoms with Crippen LogP contribution in [0.1, 0.15) is 6.42 Å². The van der Waals surface area contributed by atoms with E-state index in [-0.39, 0.29) is 47.1 Å². The van der Waals surface area contributed by atoms with E-state index in [0.29, 0.717) is 13.1 Å². The Labute approximate surface area is 92.3 Å². The average Bonchev–Trinajstić information content (AvgIpc) is 2.50. The number of nitrogens with zero attached hydrogens (tertiary/aromatic N) is 3. The molecule has 0 bridgehead atoms. The third kappa shape index (κ3) is 2.78. The van der Waals surface area contributed by atoms with Gasteiger partial charge in [0.1, 0.15) is 0 Å². The molecule has 0 aliphatic carbocycles. The van der Waals surface area contributed by atoms with Gasteiger partial charge in [-0.3, -0.25) is 0 Å². The van der Waals surface area contributed by atoms with Crippen LogP contribution in [-0.4, -0.2) is 34.8 Å². The van der Waals surface area contributed by atoms with E-state index in [1.807, 2.05) is 0 Å². The zero-order chi connectivity index (χ0) is 8.27. The number of rotatable bonds is 2. The van der Waals surface area contributed by atoms with Crippen LogP contribution in [0.4, 0.5) is 0 Å². The molecule has 1 aliphatic heterocycles. The second kappa shape index (κ2) is 5.58. The van der Waals surface area contributed by atoms with Crippen molar-refractivity contribution in [2.45, 2.75) is 6.42 Å². The van der Waals surface area contributed by atoms with Gasteiger partial charge in [0.05, 0.1) is 13.1 Å². The standard InChI is InChI=1S/C5H11N3O3.Na/c9-4-5-1-2-7(3-5)8(11)6-10;/h5,9-10H,1-4H2;/q;+1/p-1/b8-6+;.